The number of H-pyrrole nitrogens is 1. The quantitative estimate of drug-likeness (QED) is 0.628. The SMILES string of the molecule is O=C1CN(C(=O)CCc2c(-c3ccccc3)[nH]c3ccccc23)C2(CCNCC2)N1. The highest BCUT2D eigenvalue weighted by Crippen LogP contribution is 2.33. The van der Waals surface area contributed by atoms with E-state index in [1.165, 1.54) is 0 Å². The Hall–Kier alpha value is -3.12. The molecule has 2 fully saturated rings. The molecule has 2 saturated heterocycles. The molecule has 1 spiro atoms. The van der Waals surface area contributed by atoms with Gasteiger partial charge in [0.15, 0.2) is 0 Å². The van der Waals surface area contributed by atoms with Crippen molar-refractivity contribution in [2.75, 3.05) is 19.6 Å². The molecular weight excluding hydrogens is 376 g/mol. The first-order valence-electron chi connectivity index (χ1n) is 10.6. The lowest BCUT2D eigenvalue weighted by Gasteiger charge is -2.40. The number of aromatic nitrogens is 1. The minimum Gasteiger partial charge on any atom is -0.354 e. The third-order valence-electron chi connectivity index (χ3n) is 6.39. The second kappa shape index (κ2) is 7.61. The Balaban J connectivity index is 1.42. The molecule has 3 N–H and O–H groups in total. The summed E-state index contributed by atoms with van der Waals surface area (Å²) in [5, 5.41) is 7.55. The molecule has 0 radical (unpaired) electrons. The van der Waals surface area contributed by atoms with Gasteiger partial charge in [-0.25, -0.2) is 0 Å². The molecule has 1 aromatic heterocycles. The minimum atomic E-state index is -0.512. The molecule has 154 valence electrons. The molecule has 3 aromatic rings. The first kappa shape index (κ1) is 18.9. The number of fused-ring (bicyclic) bond motifs is 1. The molecule has 0 atom stereocenters. The Morgan fingerprint density at radius 3 is 2.53 bits per heavy atom. The van der Waals surface area contributed by atoms with Crippen molar-refractivity contribution < 1.29 is 9.59 Å². The van der Waals surface area contributed by atoms with E-state index in [1.807, 2.05) is 30.3 Å². The van der Waals surface area contributed by atoms with Crippen molar-refractivity contribution in [3.05, 3.63) is 60.2 Å². The van der Waals surface area contributed by atoms with Crippen molar-refractivity contribution in [2.45, 2.75) is 31.3 Å². The maximum absolute atomic E-state index is 13.2. The van der Waals surface area contributed by atoms with E-state index < -0.39 is 5.66 Å². The molecule has 0 saturated carbocycles. The van der Waals surface area contributed by atoms with E-state index in [2.05, 4.69) is 39.9 Å². The maximum Gasteiger partial charge on any atom is 0.241 e. The van der Waals surface area contributed by atoms with Gasteiger partial charge in [-0.15, -0.1) is 0 Å². The largest absolute Gasteiger partial charge is 0.354 e. The van der Waals surface area contributed by atoms with Crippen LogP contribution in [-0.4, -0.2) is 47.0 Å². The number of carbonyl (C=O) groups is 2. The average Bonchev–Trinajstić information content (AvgIpc) is 3.30. The molecule has 5 rings (SSSR count). The maximum atomic E-state index is 13.2. The topological polar surface area (TPSA) is 77.2 Å². The van der Waals surface area contributed by atoms with Crippen LogP contribution >= 0.6 is 0 Å². The molecule has 2 aliphatic rings. The highest BCUT2D eigenvalue weighted by Gasteiger charge is 2.47. The fourth-order valence-electron chi connectivity index (χ4n) is 4.90. The number of hydrogen-bond acceptors (Lipinski definition) is 3. The first-order chi connectivity index (χ1) is 14.7. The van der Waals surface area contributed by atoms with Crippen LogP contribution in [0.2, 0.25) is 0 Å². The van der Waals surface area contributed by atoms with Gasteiger partial charge >= 0.3 is 0 Å². The van der Waals surface area contributed by atoms with Crippen molar-refractivity contribution in [1.82, 2.24) is 20.5 Å². The molecule has 0 unspecified atom stereocenters. The van der Waals surface area contributed by atoms with Crippen molar-refractivity contribution in [1.29, 1.82) is 0 Å². The minimum absolute atomic E-state index is 0.0412. The predicted octanol–water partition coefficient (Wildman–Crippen LogP) is 2.81. The van der Waals surface area contributed by atoms with E-state index in [0.717, 1.165) is 53.7 Å². The van der Waals surface area contributed by atoms with E-state index in [0.29, 0.717) is 12.8 Å². The molecule has 3 heterocycles. The number of nitrogens with zero attached hydrogens (tertiary/aromatic N) is 1. The van der Waals surface area contributed by atoms with Crippen LogP contribution in [0, 0.1) is 0 Å². The zero-order chi connectivity index (χ0) is 20.6. The standard InChI is InChI=1S/C24H26N4O2/c29-21-16-28(24(27-21)12-14-25-15-13-24)22(30)11-10-19-18-8-4-5-9-20(18)26-23(19)17-6-2-1-3-7-17/h1-9,25-26H,10-16H2,(H,27,29). The average molecular weight is 402 g/mol. The van der Waals surface area contributed by atoms with Crippen LogP contribution in [0.4, 0.5) is 0 Å². The van der Waals surface area contributed by atoms with Crippen molar-refractivity contribution in [3.8, 4) is 11.3 Å². The zero-order valence-corrected chi connectivity index (χ0v) is 16.9. The summed E-state index contributed by atoms with van der Waals surface area (Å²) in [5.41, 5.74) is 3.90. The molecule has 2 amide bonds. The Morgan fingerprint density at radius 2 is 1.73 bits per heavy atom. The lowest BCUT2D eigenvalue weighted by Crippen LogP contribution is -2.59. The molecular formula is C24H26N4O2. The fraction of sp³-hybridized carbons (Fsp3) is 0.333. The van der Waals surface area contributed by atoms with Crippen LogP contribution in [0.1, 0.15) is 24.8 Å². The van der Waals surface area contributed by atoms with Crippen LogP contribution in [0.3, 0.4) is 0 Å². The number of benzene rings is 2. The summed E-state index contributed by atoms with van der Waals surface area (Å²) >= 11 is 0. The van der Waals surface area contributed by atoms with Crippen LogP contribution in [0.25, 0.3) is 22.2 Å². The third kappa shape index (κ3) is 3.27. The zero-order valence-electron chi connectivity index (χ0n) is 16.9. The van der Waals surface area contributed by atoms with Gasteiger partial charge in [-0.1, -0.05) is 48.5 Å². The Bertz CT molecular complexity index is 1080. The van der Waals surface area contributed by atoms with Gasteiger partial charge in [0, 0.05) is 35.9 Å². The highest BCUT2D eigenvalue weighted by atomic mass is 16.2. The van der Waals surface area contributed by atoms with Crippen molar-refractivity contribution >= 4 is 22.7 Å². The number of hydrogen-bond donors (Lipinski definition) is 3. The molecule has 0 aliphatic carbocycles. The van der Waals surface area contributed by atoms with Gasteiger partial charge in [-0.05, 0) is 36.7 Å². The summed E-state index contributed by atoms with van der Waals surface area (Å²) in [6.45, 7) is 1.79. The smallest absolute Gasteiger partial charge is 0.241 e. The van der Waals surface area contributed by atoms with E-state index in [-0.39, 0.29) is 18.4 Å². The summed E-state index contributed by atoms with van der Waals surface area (Å²) < 4.78 is 0. The number of amides is 2. The highest BCUT2D eigenvalue weighted by molar-refractivity contribution is 5.92. The first-order valence-corrected chi connectivity index (χ1v) is 10.6. The van der Waals surface area contributed by atoms with Crippen LogP contribution in [-0.2, 0) is 16.0 Å². The van der Waals surface area contributed by atoms with E-state index in [1.54, 1.807) is 4.90 Å². The third-order valence-corrected chi connectivity index (χ3v) is 6.39. The number of rotatable bonds is 4. The molecule has 2 aromatic carbocycles. The second-order valence-corrected chi connectivity index (χ2v) is 8.20. The number of aryl methyl sites for hydroxylation is 1. The van der Waals surface area contributed by atoms with Crippen molar-refractivity contribution in [2.24, 2.45) is 0 Å². The summed E-state index contributed by atoms with van der Waals surface area (Å²) in [6.07, 6.45) is 2.53. The lowest BCUT2D eigenvalue weighted by atomic mass is 9.96. The van der Waals surface area contributed by atoms with E-state index in [4.69, 9.17) is 0 Å². The monoisotopic (exact) mass is 402 g/mol. The molecule has 6 heteroatoms. The Labute approximate surface area is 175 Å². The van der Waals surface area contributed by atoms with Gasteiger partial charge in [-0.2, -0.15) is 0 Å². The van der Waals surface area contributed by atoms with Gasteiger partial charge in [0.05, 0.1) is 0 Å². The number of piperidine rings is 1. The van der Waals surface area contributed by atoms with E-state index >= 15 is 0 Å². The molecule has 0 bridgehead atoms. The van der Waals surface area contributed by atoms with Gasteiger partial charge in [-0.3, -0.25) is 9.59 Å². The van der Waals surface area contributed by atoms with Gasteiger partial charge in [0.2, 0.25) is 11.8 Å². The number of para-hydroxylation sites is 1. The van der Waals surface area contributed by atoms with Crippen LogP contribution < -0.4 is 10.6 Å². The summed E-state index contributed by atoms with van der Waals surface area (Å²) in [5.74, 6) is -0.0122. The number of aromatic amines is 1. The molecule has 2 aliphatic heterocycles. The number of carbonyl (C=O) groups excluding carboxylic acids is 2. The fourth-order valence-corrected chi connectivity index (χ4v) is 4.90. The summed E-state index contributed by atoms with van der Waals surface area (Å²) in [6, 6.07) is 18.5. The Morgan fingerprint density at radius 1 is 1.00 bits per heavy atom. The van der Waals surface area contributed by atoms with Crippen LogP contribution in [0.15, 0.2) is 54.6 Å². The number of nitrogens with one attached hydrogen (secondary N) is 3. The van der Waals surface area contributed by atoms with E-state index in [9.17, 15) is 9.59 Å². The van der Waals surface area contributed by atoms with Gasteiger partial charge in [0.25, 0.3) is 0 Å². The summed E-state index contributed by atoms with van der Waals surface area (Å²) in [7, 11) is 0. The van der Waals surface area contributed by atoms with Crippen molar-refractivity contribution in [3.63, 3.8) is 0 Å². The Kier molecular flexibility index (Phi) is 4.79. The molecule has 6 nitrogen and oxygen atoms in total. The van der Waals surface area contributed by atoms with Gasteiger partial charge in [0.1, 0.15) is 12.2 Å². The predicted molar refractivity (Wildman–Crippen MR) is 117 cm³/mol. The van der Waals surface area contributed by atoms with Crippen LogP contribution in [0.5, 0.6) is 0 Å². The summed E-state index contributed by atoms with van der Waals surface area (Å²) in [4.78, 5) is 30.7. The second-order valence-electron chi connectivity index (χ2n) is 8.20. The molecule has 30 heavy (non-hydrogen) atoms. The lowest BCUT2D eigenvalue weighted by molar-refractivity contribution is -0.137. The van der Waals surface area contributed by atoms with Gasteiger partial charge < -0.3 is 20.5 Å². The normalized spacial score (nSPS) is 18.1.